The Hall–Kier alpha value is -2.69. The van der Waals surface area contributed by atoms with Gasteiger partial charge in [-0.25, -0.2) is 4.98 Å². The molecule has 0 unspecified atom stereocenters. The van der Waals surface area contributed by atoms with Crippen molar-refractivity contribution in [2.75, 3.05) is 0 Å². The van der Waals surface area contributed by atoms with Gasteiger partial charge in [-0.2, -0.15) is 10.4 Å². The van der Waals surface area contributed by atoms with Crippen molar-refractivity contribution in [1.82, 2.24) is 24.6 Å². The van der Waals surface area contributed by atoms with Crippen molar-refractivity contribution in [2.45, 2.75) is 32.9 Å². The van der Waals surface area contributed by atoms with Gasteiger partial charge in [-0.05, 0) is 12.8 Å². The predicted molar refractivity (Wildman–Crippen MR) is 79.8 cm³/mol. The number of rotatable bonds is 4. The lowest BCUT2D eigenvalue weighted by Gasteiger charge is -2.27. The largest absolute Gasteiger partial charge is 0.336 e. The van der Waals surface area contributed by atoms with Gasteiger partial charge in [0, 0.05) is 7.05 Å². The fraction of sp³-hybridized carbons (Fsp3) is 0.500. The van der Waals surface area contributed by atoms with Gasteiger partial charge in [0.25, 0.3) is 5.56 Å². The van der Waals surface area contributed by atoms with E-state index in [0.717, 1.165) is 0 Å². The van der Waals surface area contributed by atoms with Crippen LogP contribution in [0.1, 0.15) is 20.8 Å². The van der Waals surface area contributed by atoms with Gasteiger partial charge in [0.1, 0.15) is 23.8 Å². The molecule has 0 saturated heterocycles. The SMILES string of the molecule is CC(C)[C@](C)(C#N)NC(=O)Cn1cnc2c(cnn2C)c1=O. The number of nitrogens with one attached hydrogen (secondary N) is 1. The minimum Gasteiger partial charge on any atom is -0.336 e. The summed E-state index contributed by atoms with van der Waals surface area (Å²) in [4.78, 5) is 28.5. The number of hydrogen-bond acceptors (Lipinski definition) is 5. The zero-order valence-electron chi connectivity index (χ0n) is 13.0. The molecule has 0 aromatic carbocycles. The van der Waals surface area contributed by atoms with Gasteiger partial charge in [-0.1, -0.05) is 13.8 Å². The van der Waals surface area contributed by atoms with Gasteiger partial charge in [-0.3, -0.25) is 18.8 Å². The van der Waals surface area contributed by atoms with Crippen LogP contribution in [-0.2, 0) is 18.4 Å². The first-order valence-electron chi connectivity index (χ1n) is 6.88. The van der Waals surface area contributed by atoms with Gasteiger partial charge < -0.3 is 5.32 Å². The third-order valence-corrected chi connectivity index (χ3v) is 3.82. The molecular weight excluding hydrogens is 284 g/mol. The summed E-state index contributed by atoms with van der Waals surface area (Å²) in [6, 6.07) is 2.09. The lowest BCUT2D eigenvalue weighted by atomic mass is 9.90. The second kappa shape index (κ2) is 5.60. The van der Waals surface area contributed by atoms with Crippen LogP contribution in [0.3, 0.4) is 0 Å². The maximum atomic E-state index is 12.3. The van der Waals surface area contributed by atoms with Crippen LogP contribution in [0.25, 0.3) is 11.0 Å². The summed E-state index contributed by atoms with van der Waals surface area (Å²) in [6.07, 6.45) is 2.73. The summed E-state index contributed by atoms with van der Waals surface area (Å²) in [5.41, 5.74) is -0.853. The van der Waals surface area contributed by atoms with Crippen LogP contribution in [-0.4, -0.2) is 30.8 Å². The number of amides is 1. The number of nitrogens with zero attached hydrogens (tertiary/aromatic N) is 5. The molecule has 22 heavy (non-hydrogen) atoms. The molecule has 8 nitrogen and oxygen atoms in total. The number of aromatic nitrogens is 4. The van der Waals surface area contributed by atoms with Crippen molar-refractivity contribution < 1.29 is 4.79 Å². The van der Waals surface area contributed by atoms with Gasteiger partial charge >= 0.3 is 0 Å². The third kappa shape index (κ3) is 2.70. The van der Waals surface area contributed by atoms with E-state index in [1.54, 1.807) is 14.0 Å². The number of hydrogen-bond donors (Lipinski definition) is 1. The number of carbonyl (C=O) groups is 1. The van der Waals surface area contributed by atoms with Gasteiger partial charge in [-0.15, -0.1) is 0 Å². The molecule has 0 spiro atoms. The van der Waals surface area contributed by atoms with E-state index in [1.807, 2.05) is 13.8 Å². The van der Waals surface area contributed by atoms with Crippen molar-refractivity contribution in [3.05, 3.63) is 22.9 Å². The van der Waals surface area contributed by atoms with Crippen LogP contribution < -0.4 is 10.9 Å². The first kappa shape index (κ1) is 15.7. The van der Waals surface area contributed by atoms with Crippen molar-refractivity contribution in [2.24, 2.45) is 13.0 Å². The Morgan fingerprint density at radius 1 is 1.55 bits per heavy atom. The van der Waals surface area contributed by atoms with Crippen LogP contribution in [0, 0.1) is 17.2 Å². The highest BCUT2D eigenvalue weighted by molar-refractivity contribution is 5.78. The van der Waals surface area contributed by atoms with E-state index in [-0.39, 0.29) is 18.0 Å². The van der Waals surface area contributed by atoms with Crippen LogP contribution in [0.15, 0.2) is 17.3 Å². The van der Waals surface area contributed by atoms with Gasteiger partial charge in [0.15, 0.2) is 5.65 Å². The Labute approximate surface area is 127 Å². The second-order valence-corrected chi connectivity index (χ2v) is 5.70. The summed E-state index contributed by atoms with van der Waals surface area (Å²) < 4.78 is 2.70. The molecule has 0 fully saturated rings. The molecule has 0 aliphatic rings. The van der Waals surface area contributed by atoms with Crippen LogP contribution in [0.2, 0.25) is 0 Å². The highest BCUT2D eigenvalue weighted by Crippen LogP contribution is 2.14. The van der Waals surface area contributed by atoms with E-state index in [1.165, 1.54) is 21.8 Å². The number of fused-ring (bicyclic) bond motifs is 1. The Kier molecular flexibility index (Phi) is 3.99. The normalized spacial score (nSPS) is 13.8. The van der Waals surface area contributed by atoms with Gasteiger partial charge in [0.2, 0.25) is 5.91 Å². The van der Waals surface area contributed by atoms with Gasteiger partial charge in [0.05, 0.1) is 12.3 Å². The van der Waals surface area contributed by atoms with Crippen LogP contribution >= 0.6 is 0 Å². The van der Waals surface area contributed by atoms with E-state index < -0.39 is 11.4 Å². The Bertz CT molecular complexity index is 813. The third-order valence-electron chi connectivity index (χ3n) is 3.82. The molecule has 0 bridgehead atoms. The van der Waals surface area contributed by atoms with E-state index in [0.29, 0.717) is 11.0 Å². The van der Waals surface area contributed by atoms with E-state index in [4.69, 9.17) is 0 Å². The Balaban J connectivity index is 2.25. The minimum atomic E-state index is -0.980. The lowest BCUT2D eigenvalue weighted by Crippen LogP contribution is -2.50. The quantitative estimate of drug-likeness (QED) is 0.867. The van der Waals surface area contributed by atoms with Crippen molar-refractivity contribution in [3.63, 3.8) is 0 Å². The minimum absolute atomic E-state index is 0.0582. The molecule has 2 heterocycles. The molecule has 116 valence electrons. The molecule has 2 aromatic heterocycles. The summed E-state index contributed by atoms with van der Waals surface area (Å²) in [7, 11) is 1.69. The molecule has 0 radical (unpaired) electrons. The summed E-state index contributed by atoms with van der Waals surface area (Å²) in [5.74, 6) is -0.470. The standard InChI is InChI=1S/C14H18N6O2/c1-9(2)14(3,7-15)18-11(21)6-20-8-16-12-10(13(20)22)5-17-19(12)4/h5,8-9H,6H2,1-4H3,(H,18,21)/t14-/m0/s1. The average Bonchev–Trinajstić information content (AvgIpc) is 2.83. The van der Waals surface area contributed by atoms with Crippen LogP contribution in [0.5, 0.6) is 0 Å². The molecular formula is C14H18N6O2. The summed E-state index contributed by atoms with van der Waals surface area (Å²) in [6.45, 7) is 5.15. The molecule has 2 rings (SSSR count). The highest BCUT2D eigenvalue weighted by Gasteiger charge is 2.30. The van der Waals surface area contributed by atoms with Crippen molar-refractivity contribution in [3.8, 4) is 6.07 Å². The molecule has 0 aliphatic heterocycles. The number of aryl methyl sites for hydroxylation is 1. The van der Waals surface area contributed by atoms with Crippen molar-refractivity contribution in [1.29, 1.82) is 5.26 Å². The molecule has 2 aromatic rings. The maximum absolute atomic E-state index is 12.3. The molecule has 1 N–H and O–H groups in total. The predicted octanol–water partition coefficient (Wildman–Crippen LogP) is 0.184. The fourth-order valence-corrected chi connectivity index (χ4v) is 1.96. The summed E-state index contributed by atoms with van der Waals surface area (Å²) >= 11 is 0. The smallest absolute Gasteiger partial charge is 0.264 e. The maximum Gasteiger partial charge on any atom is 0.264 e. The Morgan fingerprint density at radius 2 is 2.23 bits per heavy atom. The van der Waals surface area contributed by atoms with Crippen LogP contribution in [0.4, 0.5) is 0 Å². The highest BCUT2D eigenvalue weighted by atomic mass is 16.2. The lowest BCUT2D eigenvalue weighted by molar-refractivity contribution is -0.123. The second-order valence-electron chi connectivity index (χ2n) is 5.70. The number of carbonyl (C=O) groups excluding carboxylic acids is 1. The Morgan fingerprint density at radius 3 is 2.82 bits per heavy atom. The van der Waals surface area contributed by atoms with Crippen molar-refractivity contribution >= 4 is 16.9 Å². The van der Waals surface area contributed by atoms with E-state index >= 15 is 0 Å². The summed E-state index contributed by atoms with van der Waals surface area (Å²) in [5, 5.41) is 16.2. The molecule has 8 heteroatoms. The monoisotopic (exact) mass is 302 g/mol. The molecule has 0 aliphatic carbocycles. The first-order chi connectivity index (χ1) is 10.3. The zero-order valence-corrected chi connectivity index (χ0v) is 13.0. The topological polar surface area (TPSA) is 106 Å². The fourth-order valence-electron chi connectivity index (χ4n) is 1.96. The van der Waals surface area contributed by atoms with E-state index in [9.17, 15) is 14.9 Å². The van der Waals surface area contributed by atoms with E-state index in [2.05, 4.69) is 21.5 Å². The zero-order chi connectivity index (χ0) is 16.5. The number of nitriles is 1. The molecule has 0 saturated carbocycles. The average molecular weight is 302 g/mol. The molecule has 1 amide bonds. The molecule has 1 atom stereocenters. The first-order valence-corrected chi connectivity index (χ1v) is 6.88.